The second kappa shape index (κ2) is 4.68. The van der Waals surface area contributed by atoms with Crippen molar-refractivity contribution in [2.75, 3.05) is 0 Å². The van der Waals surface area contributed by atoms with Gasteiger partial charge in [0.25, 0.3) is 0 Å². The molecule has 0 saturated heterocycles. The quantitative estimate of drug-likeness (QED) is 0.635. The van der Waals surface area contributed by atoms with Crippen LogP contribution in [-0.4, -0.2) is 16.9 Å². The minimum atomic E-state index is -1.11. The Morgan fingerprint density at radius 2 is 2.07 bits per heavy atom. The first kappa shape index (κ1) is 12.1. The highest BCUT2D eigenvalue weighted by atomic mass is 35.5. The van der Waals surface area contributed by atoms with Gasteiger partial charge in [0.1, 0.15) is 5.38 Å². The topological polar surface area (TPSA) is 54.4 Å². The van der Waals surface area contributed by atoms with Crippen LogP contribution < -0.4 is 0 Å². The van der Waals surface area contributed by atoms with Crippen LogP contribution in [0.25, 0.3) is 0 Å². The maximum absolute atomic E-state index is 11.1. The Bertz CT molecular complexity index is 417. The van der Waals surface area contributed by atoms with Crippen LogP contribution in [0.15, 0.2) is 23.1 Å². The number of Topliss-reactive ketones (excluding diaryl/α,β-unsaturated/α-hetero) is 1. The van der Waals surface area contributed by atoms with Crippen molar-refractivity contribution in [3.63, 3.8) is 0 Å². The Morgan fingerprint density at radius 3 is 2.53 bits per heavy atom. The van der Waals surface area contributed by atoms with Crippen LogP contribution in [0.3, 0.4) is 0 Å². The molecule has 1 atom stereocenters. The second-order valence-electron chi connectivity index (χ2n) is 3.05. The number of benzene rings is 1. The van der Waals surface area contributed by atoms with Gasteiger partial charge >= 0.3 is 5.97 Å². The van der Waals surface area contributed by atoms with Gasteiger partial charge in [-0.25, -0.2) is 4.79 Å². The molecule has 0 aliphatic carbocycles. The Morgan fingerprint density at radius 1 is 1.47 bits per heavy atom. The molecule has 0 aliphatic heterocycles. The number of carbonyl (C=O) groups is 2. The molecule has 5 heteroatoms. The summed E-state index contributed by atoms with van der Waals surface area (Å²) in [4.78, 5) is 22.5. The van der Waals surface area contributed by atoms with Gasteiger partial charge in [0.15, 0.2) is 5.78 Å². The molecule has 0 aromatic heterocycles. The van der Waals surface area contributed by atoms with Gasteiger partial charge < -0.3 is 5.11 Å². The Labute approximate surface area is 97.5 Å². The van der Waals surface area contributed by atoms with Crippen LogP contribution in [0.4, 0.5) is 0 Å². The van der Waals surface area contributed by atoms with E-state index in [4.69, 9.17) is 16.7 Å². The third-order valence-corrected chi connectivity index (χ3v) is 2.72. The number of carbonyl (C=O) groups excluding carboxylic acids is 1. The zero-order valence-electron chi connectivity index (χ0n) is 7.90. The lowest BCUT2D eigenvalue weighted by Gasteiger charge is -2.10. The predicted octanol–water partition coefficient (Wildman–Crippen LogP) is 2.54. The molecule has 0 heterocycles. The zero-order valence-corrected chi connectivity index (χ0v) is 9.55. The van der Waals surface area contributed by atoms with Crippen molar-refractivity contribution in [1.82, 2.24) is 0 Å². The number of halogens is 1. The van der Waals surface area contributed by atoms with Gasteiger partial charge in [-0.3, -0.25) is 4.79 Å². The molecule has 0 aliphatic rings. The van der Waals surface area contributed by atoms with Crippen LogP contribution in [0.5, 0.6) is 0 Å². The lowest BCUT2D eigenvalue weighted by atomic mass is 10.0. The molecule has 0 fully saturated rings. The van der Waals surface area contributed by atoms with Gasteiger partial charge in [0.05, 0.1) is 5.56 Å². The fraction of sp³-hybridized carbons (Fsp3) is 0.200. The molecule has 1 unspecified atom stereocenters. The van der Waals surface area contributed by atoms with E-state index in [-0.39, 0.29) is 16.9 Å². The molecule has 0 saturated carbocycles. The Balaban J connectivity index is 3.30. The standard InChI is InChI=1S/C10H9ClO3S/c1-5(12)9(11)8-4-6(15)2-3-7(8)10(13)14/h2-4,9,15H,1H3,(H,13,14). The average molecular weight is 245 g/mol. The highest BCUT2D eigenvalue weighted by Crippen LogP contribution is 2.27. The number of hydrogen-bond acceptors (Lipinski definition) is 3. The number of hydrogen-bond donors (Lipinski definition) is 2. The summed E-state index contributed by atoms with van der Waals surface area (Å²) in [5.41, 5.74) is 0.312. The number of rotatable bonds is 3. The minimum absolute atomic E-state index is 0.0306. The Kier molecular flexibility index (Phi) is 3.77. The van der Waals surface area contributed by atoms with Gasteiger partial charge in [-0.05, 0) is 30.7 Å². The van der Waals surface area contributed by atoms with E-state index in [1.165, 1.54) is 19.1 Å². The van der Waals surface area contributed by atoms with Gasteiger partial charge in [0.2, 0.25) is 0 Å². The van der Waals surface area contributed by atoms with Crippen molar-refractivity contribution in [2.45, 2.75) is 17.2 Å². The number of carboxylic acid groups (broad SMARTS) is 1. The summed E-state index contributed by atoms with van der Waals surface area (Å²) in [6.07, 6.45) is 0. The normalized spacial score (nSPS) is 12.2. The van der Waals surface area contributed by atoms with E-state index in [1.807, 2.05) is 0 Å². The van der Waals surface area contributed by atoms with Crippen molar-refractivity contribution < 1.29 is 14.7 Å². The van der Waals surface area contributed by atoms with Crippen molar-refractivity contribution in [1.29, 1.82) is 0 Å². The van der Waals surface area contributed by atoms with Crippen LogP contribution in [0.1, 0.15) is 28.2 Å². The first-order valence-electron chi connectivity index (χ1n) is 4.14. The molecule has 80 valence electrons. The molecule has 1 aromatic carbocycles. The molecule has 0 spiro atoms. The maximum Gasteiger partial charge on any atom is 0.336 e. The molecule has 1 aromatic rings. The van der Waals surface area contributed by atoms with E-state index < -0.39 is 11.3 Å². The van der Waals surface area contributed by atoms with Gasteiger partial charge in [-0.1, -0.05) is 0 Å². The van der Waals surface area contributed by atoms with E-state index in [0.717, 1.165) is 0 Å². The van der Waals surface area contributed by atoms with Crippen LogP contribution in [-0.2, 0) is 4.79 Å². The smallest absolute Gasteiger partial charge is 0.336 e. The molecular weight excluding hydrogens is 236 g/mol. The monoisotopic (exact) mass is 244 g/mol. The molecule has 1 rings (SSSR count). The number of alkyl halides is 1. The lowest BCUT2D eigenvalue weighted by molar-refractivity contribution is -0.116. The number of carboxylic acids is 1. The van der Waals surface area contributed by atoms with Crippen molar-refractivity contribution in [3.8, 4) is 0 Å². The summed E-state index contributed by atoms with van der Waals surface area (Å²) < 4.78 is 0. The SMILES string of the molecule is CC(=O)C(Cl)c1cc(S)ccc1C(=O)O. The molecule has 0 radical (unpaired) electrons. The van der Waals surface area contributed by atoms with E-state index in [2.05, 4.69) is 12.6 Å². The predicted molar refractivity (Wildman–Crippen MR) is 59.9 cm³/mol. The molecular formula is C10H9ClO3S. The first-order valence-corrected chi connectivity index (χ1v) is 5.02. The van der Waals surface area contributed by atoms with Gasteiger partial charge in [-0.2, -0.15) is 0 Å². The second-order valence-corrected chi connectivity index (χ2v) is 4.00. The Hall–Kier alpha value is -1.00. The summed E-state index contributed by atoms with van der Waals surface area (Å²) in [5.74, 6) is -1.40. The number of thiol groups is 1. The van der Waals surface area contributed by atoms with Crippen molar-refractivity contribution in [2.24, 2.45) is 0 Å². The average Bonchev–Trinajstić information content (AvgIpc) is 2.15. The highest BCUT2D eigenvalue weighted by Gasteiger charge is 2.20. The first-order chi connectivity index (χ1) is 6.93. The van der Waals surface area contributed by atoms with Gasteiger partial charge in [0, 0.05) is 4.90 Å². The number of aromatic carboxylic acids is 1. The zero-order chi connectivity index (χ0) is 11.6. The molecule has 15 heavy (non-hydrogen) atoms. The molecule has 0 amide bonds. The summed E-state index contributed by atoms with van der Waals surface area (Å²) in [5, 5.41) is 7.95. The summed E-state index contributed by atoms with van der Waals surface area (Å²) in [6, 6.07) is 4.42. The van der Waals surface area contributed by atoms with Crippen LogP contribution in [0.2, 0.25) is 0 Å². The largest absolute Gasteiger partial charge is 0.478 e. The van der Waals surface area contributed by atoms with E-state index in [0.29, 0.717) is 4.90 Å². The fourth-order valence-electron chi connectivity index (χ4n) is 1.17. The third kappa shape index (κ3) is 2.73. The molecule has 3 nitrogen and oxygen atoms in total. The lowest BCUT2D eigenvalue weighted by Crippen LogP contribution is -2.09. The minimum Gasteiger partial charge on any atom is -0.478 e. The third-order valence-electron chi connectivity index (χ3n) is 1.90. The van der Waals surface area contributed by atoms with Crippen molar-refractivity contribution >= 4 is 36.0 Å². The summed E-state index contributed by atoms with van der Waals surface area (Å²) >= 11 is 9.89. The van der Waals surface area contributed by atoms with Crippen LogP contribution in [0, 0.1) is 0 Å². The summed E-state index contributed by atoms with van der Waals surface area (Å²) in [6.45, 7) is 1.31. The van der Waals surface area contributed by atoms with Crippen molar-refractivity contribution in [3.05, 3.63) is 29.3 Å². The van der Waals surface area contributed by atoms with E-state index in [1.54, 1.807) is 6.07 Å². The summed E-state index contributed by atoms with van der Waals surface area (Å²) in [7, 11) is 0. The fourth-order valence-corrected chi connectivity index (χ4v) is 1.57. The van der Waals surface area contributed by atoms with E-state index in [9.17, 15) is 9.59 Å². The molecule has 0 bridgehead atoms. The number of ketones is 1. The highest BCUT2D eigenvalue weighted by molar-refractivity contribution is 7.80. The molecule has 1 N–H and O–H groups in total. The van der Waals surface area contributed by atoms with Crippen LogP contribution >= 0.6 is 24.2 Å². The van der Waals surface area contributed by atoms with E-state index >= 15 is 0 Å². The van der Waals surface area contributed by atoms with Gasteiger partial charge in [-0.15, -0.1) is 24.2 Å². The maximum atomic E-state index is 11.1.